The molecule has 0 unspecified atom stereocenters. The zero-order chi connectivity index (χ0) is 9.90. The quantitative estimate of drug-likeness (QED) is 0.409. The molecule has 1 heterocycles. The lowest BCUT2D eigenvalue weighted by atomic mass is 10.5. The van der Waals surface area contributed by atoms with Crippen molar-refractivity contribution in [3.63, 3.8) is 0 Å². The maximum absolute atomic E-state index is 12.8. The predicted molar refractivity (Wildman–Crippen MR) is 40.5 cm³/mol. The Morgan fingerprint density at radius 1 is 1.62 bits per heavy atom. The van der Waals surface area contributed by atoms with Crippen molar-refractivity contribution >= 4 is 10.0 Å². The van der Waals surface area contributed by atoms with E-state index in [9.17, 15) is 12.8 Å². The standard InChI is InChI=1S/C5H3FN4O2S/c6-4-2-1-3-8-5(4)13(11,12)10-9-7/h1-3H. The number of nitrogens with zero attached hydrogens (tertiary/aromatic N) is 4. The van der Waals surface area contributed by atoms with Crippen LogP contribution in [0.3, 0.4) is 0 Å². The van der Waals surface area contributed by atoms with Crippen LogP contribution in [0.2, 0.25) is 0 Å². The molecule has 0 aliphatic carbocycles. The SMILES string of the molecule is [N-]=[N+]=NS(=O)(=O)c1ncccc1F. The van der Waals surface area contributed by atoms with Crippen LogP contribution >= 0.6 is 0 Å². The smallest absolute Gasteiger partial charge is 0.242 e. The van der Waals surface area contributed by atoms with E-state index in [0.29, 0.717) is 0 Å². The molecule has 0 atom stereocenters. The number of aromatic nitrogens is 1. The fourth-order valence-electron chi connectivity index (χ4n) is 0.648. The summed E-state index contributed by atoms with van der Waals surface area (Å²) in [4.78, 5) is 5.30. The molecule has 0 radical (unpaired) electrons. The van der Waals surface area contributed by atoms with Gasteiger partial charge in [-0.05, 0) is 17.7 Å². The second-order valence-corrected chi connectivity index (χ2v) is 3.44. The highest BCUT2D eigenvalue weighted by Gasteiger charge is 2.18. The Hall–Kier alpha value is -1.66. The Bertz CT molecular complexity index is 465. The average molecular weight is 202 g/mol. The fraction of sp³-hybridized carbons (Fsp3) is 0. The van der Waals surface area contributed by atoms with Crippen LogP contribution in [0.1, 0.15) is 0 Å². The highest BCUT2D eigenvalue weighted by atomic mass is 32.2. The largest absolute Gasteiger partial charge is 0.284 e. The lowest BCUT2D eigenvalue weighted by molar-refractivity contribution is 0.554. The van der Waals surface area contributed by atoms with E-state index in [1.807, 2.05) is 0 Å². The van der Waals surface area contributed by atoms with Gasteiger partial charge in [-0.2, -0.15) is 0 Å². The van der Waals surface area contributed by atoms with Crippen molar-refractivity contribution in [2.75, 3.05) is 0 Å². The summed E-state index contributed by atoms with van der Waals surface area (Å²) in [6, 6.07) is 2.14. The van der Waals surface area contributed by atoms with Crippen LogP contribution in [0.15, 0.2) is 27.9 Å². The summed E-state index contributed by atoms with van der Waals surface area (Å²) in [7, 11) is -4.32. The zero-order valence-corrected chi connectivity index (χ0v) is 6.94. The first-order valence-corrected chi connectivity index (χ1v) is 4.44. The van der Waals surface area contributed by atoms with Gasteiger partial charge in [0.15, 0.2) is 10.8 Å². The van der Waals surface area contributed by atoms with Crippen LogP contribution in [-0.4, -0.2) is 13.4 Å². The topological polar surface area (TPSA) is 95.8 Å². The summed E-state index contributed by atoms with van der Waals surface area (Å²) < 4.78 is 37.1. The van der Waals surface area contributed by atoms with Gasteiger partial charge in [-0.3, -0.25) is 0 Å². The summed E-state index contributed by atoms with van der Waals surface area (Å²) >= 11 is 0. The Morgan fingerprint density at radius 2 is 2.31 bits per heavy atom. The molecule has 0 bridgehead atoms. The van der Waals surface area contributed by atoms with Crippen molar-refractivity contribution < 1.29 is 12.8 Å². The van der Waals surface area contributed by atoms with E-state index in [0.717, 1.165) is 12.3 Å². The third-order valence-electron chi connectivity index (χ3n) is 1.11. The van der Waals surface area contributed by atoms with E-state index >= 15 is 0 Å². The normalized spacial score (nSPS) is 10.5. The number of halogens is 1. The van der Waals surface area contributed by atoms with Crippen LogP contribution in [0.4, 0.5) is 4.39 Å². The molecule has 0 amide bonds. The van der Waals surface area contributed by atoms with Crippen molar-refractivity contribution in [3.8, 4) is 0 Å². The molecule has 0 aromatic carbocycles. The van der Waals surface area contributed by atoms with Gasteiger partial charge >= 0.3 is 0 Å². The zero-order valence-electron chi connectivity index (χ0n) is 6.12. The Balaban J connectivity index is 3.39. The van der Waals surface area contributed by atoms with E-state index in [4.69, 9.17) is 5.53 Å². The van der Waals surface area contributed by atoms with Crippen molar-refractivity contribution in [2.45, 2.75) is 5.03 Å². The fourth-order valence-corrected chi connectivity index (χ4v) is 1.33. The van der Waals surface area contributed by atoms with Crippen molar-refractivity contribution in [1.29, 1.82) is 0 Å². The first-order chi connectivity index (χ1) is 6.08. The van der Waals surface area contributed by atoms with Gasteiger partial charge in [0.05, 0.1) is 0 Å². The van der Waals surface area contributed by atoms with Crippen molar-refractivity contribution in [3.05, 3.63) is 34.6 Å². The molecule has 0 fully saturated rings. The van der Waals surface area contributed by atoms with Gasteiger partial charge in [-0.25, -0.2) is 17.8 Å². The number of azide groups is 1. The molecule has 0 saturated carbocycles. The van der Waals surface area contributed by atoms with Crippen LogP contribution in [0.25, 0.3) is 10.4 Å². The van der Waals surface area contributed by atoms with E-state index in [1.54, 1.807) is 0 Å². The lowest BCUT2D eigenvalue weighted by Crippen LogP contribution is -2.01. The molecule has 13 heavy (non-hydrogen) atoms. The Kier molecular flexibility index (Phi) is 2.45. The van der Waals surface area contributed by atoms with Crippen molar-refractivity contribution in [1.82, 2.24) is 4.98 Å². The van der Waals surface area contributed by atoms with Crippen LogP contribution in [-0.2, 0) is 10.0 Å². The number of sulfonamides is 1. The number of hydrogen-bond acceptors (Lipinski definition) is 3. The van der Waals surface area contributed by atoms with Gasteiger partial charge in [-0.15, -0.1) is 0 Å². The van der Waals surface area contributed by atoms with E-state index in [-0.39, 0.29) is 0 Å². The van der Waals surface area contributed by atoms with Crippen molar-refractivity contribution in [2.24, 2.45) is 4.52 Å². The second kappa shape index (κ2) is 3.38. The molecule has 0 N–H and O–H groups in total. The molecule has 68 valence electrons. The first kappa shape index (κ1) is 9.43. The number of rotatable bonds is 2. The van der Waals surface area contributed by atoms with E-state index in [1.165, 1.54) is 6.07 Å². The highest BCUT2D eigenvalue weighted by Crippen LogP contribution is 2.12. The number of hydrogen-bond donors (Lipinski definition) is 0. The lowest BCUT2D eigenvalue weighted by Gasteiger charge is -1.95. The first-order valence-electron chi connectivity index (χ1n) is 3.00. The maximum Gasteiger partial charge on any atom is 0.284 e. The number of pyridine rings is 1. The summed E-state index contributed by atoms with van der Waals surface area (Å²) in [5.41, 5.74) is 7.88. The summed E-state index contributed by atoms with van der Waals surface area (Å²) in [6.45, 7) is 0. The molecule has 0 saturated heterocycles. The molecule has 1 aromatic rings. The second-order valence-electron chi connectivity index (χ2n) is 1.94. The minimum absolute atomic E-state index is 0.868. The predicted octanol–water partition coefficient (Wildman–Crippen LogP) is 1.22. The third-order valence-corrected chi connectivity index (χ3v) is 2.19. The molecule has 0 aliphatic heterocycles. The average Bonchev–Trinajstić information content (AvgIpc) is 2.04. The van der Waals surface area contributed by atoms with Gasteiger partial charge in [0.25, 0.3) is 10.0 Å². The molecule has 1 rings (SSSR count). The summed E-state index contributed by atoms with van der Waals surface area (Å²) in [5.74, 6) is -1.05. The summed E-state index contributed by atoms with van der Waals surface area (Å²) in [6.07, 6.45) is 1.09. The molecule has 1 aromatic heterocycles. The van der Waals surface area contributed by atoms with E-state index < -0.39 is 20.9 Å². The Labute approximate surface area is 72.7 Å². The highest BCUT2D eigenvalue weighted by molar-refractivity contribution is 7.90. The monoisotopic (exact) mass is 202 g/mol. The molecular formula is C5H3FN4O2S. The summed E-state index contributed by atoms with van der Waals surface area (Å²) in [5, 5.41) is -0.868. The molecule has 6 nitrogen and oxygen atoms in total. The molecule has 8 heteroatoms. The minimum Gasteiger partial charge on any atom is -0.242 e. The molecule has 0 aliphatic rings. The van der Waals surface area contributed by atoms with Crippen LogP contribution < -0.4 is 0 Å². The van der Waals surface area contributed by atoms with Gasteiger partial charge in [0, 0.05) is 15.6 Å². The minimum atomic E-state index is -4.32. The van der Waals surface area contributed by atoms with Gasteiger partial charge in [0.1, 0.15) is 0 Å². The van der Waals surface area contributed by atoms with Gasteiger partial charge < -0.3 is 0 Å². The maximum atomic E-state index is 12.8. The Morgan fingerprint density at radius 3 is 2.85 bits per heavy atom. The third kappa shape index (κ3) is 1.92. The van der Waals surface area contributed by atoms with Crippen LogP contribution in [0, 0.1) is 5.82 Å². The van der Waals surface area contributed by atoms with Crippen LogP contribution in [0.5, 0.6) is 0 Å². The van der Waals surface area contributed by atoms with E-state index in [2.05, 4.69) is 14.4 Å². The molecular weight excluding hydrogens is 199 g/mol. The van der Waals surface area contributed by atoms with Gasteiger partial charge in [-0.1, -0.05) is 0 Å². The molecule has 0 spiro atoms. The van der Waals surface area contributed by atoms with Gasteiger partial charge in [0.2, 0.25) is 0 Å².